The fourth-order valence-corrected chi connectivity index (χ4v) is 2.58. The van der Waals surface area contributed by atoms with Gasteiger partial charge in [-0.1, -0.05) is 29.8 Å². The Hall–Kier alpha value is -1.58. The quantitative estimate of drug-likeness (QED) is 0.935. The zero-order valence-corrected chi connectivity index (χ0v) is 12.6. The number of aryl methyl sites for hydroxylation is 1. The maximum atomic E-state index is 10.3. The molecule has 0 aliphatic heterocycles. The Morgan fingerprint density at radius 2 is 2.00 bits per heavy atom. The van der Waals surface area contributed by atoms with E-state index in [4.69, 9.17) is 16.3 Å². The summed E-state index contributed by atoms with van der Waals surface area (Å²) in [4.78, 5) is 4.40. The third kappa shape index (κ3) is 2.94. The van der Waals surface area contributed by atoms with Gasteiger partial charge in [0, 0.05) is 34.5 Å². The lowest BCUT2D eigenvalue weighted by atomic mass is 10.0. The molecule has 0 aliphatic carbocycles. The minimum atomic E-state index is -0.678. The third-order valence-corrected chi connectivity index (χ3v) is 3.74. The van der Waals surface area contributed by atoms with Crippen LogP contribution in [0.25, 0.3) is 0 Å². The summed E-state index contributed by atoms with van der Waals surface area (Å²) in [7, 11) is 1.64. The van der Waals surface area contributed by atoms with Crippen LogP contribution in [0, 0.1) is 13.8 Å². The number of aliphatic hydroxyl groups is 1. The number of nitrogens with zero attached hydrogens (tertiary/aromatic N) is 1. The number of ether oxygens (including phenoxy) is 1. The standard InChI is InChI=1S/C16H18ClNO2/c1-10-9-18-14(11(2)16(10)20-3)8-15(19)12-6-4-5-7-13(12)17/h4-7,9,15,19H,8H2,1-3H3. The van der Waals surface area contributed by atoms with Crippen molar-refractivity contribution in [2.75, 3.05) is 7.11 Å². The van der Waals surface area contributed by atoms with Crippen molar-refractivity contribution >= 4 is 11.6 Å². The minimum absolute atomic E-state index is 0.409. The SMILES string of the molecule is COc1c(C)cnc(CC(O)c2ccccc2Cl)c1C. The van der Waals surface area contributed by atoms with Gasteiger partial charge >= 0.3 is 0 Å². The third-order valence-electron chi connectivity index (χ3n) is 3.40. The van der Waals surface area contributed by atoms with Gasteiger partial charge in [0.25, 0.3) is 0 Å². The van der Waals surface area contributed by atoms with Crippen LogP contribution in [0.5, 0.6) is 5.75 Å². The predicted molar refractivity (Wildman–Crippen MR) is 80.4 cm³/mol. The summed E-state index contributed by atoms with van der Waals surface area (Å²) in [6.45, 7) is 3.90. The number of hydrogen-bond acceptors (Lipinski definition) is 3. The van der Waals surface area contributed by atoms with Crippen molar-refractivity contribution in [2.45, 2.75) is 26.4 Å². The van der Waals surface area contributed by atoms with Gasteiger partial charge in [0.2, 0.25) is 0 Å². The average Bonchev–Trinajstić information content (AvgIpc) is 2.43. The van der Waals surface area contributed by atoms with Crippen LogP contribution in [0.2, 0.25) is 5.02 Å². The lowest BCUT2D eigenvalue weighted by molar-refractivity contribution is 0.177. The summed E-state index contributed by atoms with van der Waals surface area (Å²) in [5.74, 6) is 0.821. The summed E-state index contributed by atoms with van der Waals surface area (Å²) in [5, 5.41) is 10.9. The summed E-state index contributed by atoms with van der Waals surface area (Å²) in [6.07, 6.45) is 1.49. The van der Waals surface area contributed by atoms with E-state index >= 15 is 0 Å². The normalized spacial score (nSPS) is 12.2. The summed E-state index contributed by atoms with van der Waals surface area (Å²) < 4.78 is 5.38. The van der Waals surface area contributed by atoms with Gasteiger partial charge in [-0.15, -0.1) is 0 Å². The fraction of sp³-hybridized carbons (Fsp3) is 0.312. The molecule has 0 radical (unpaired) electrons. The maximum Gasteiger partial charge on any atom is 0.128 e. The van der Waals surface area contributed by atoms with Crippen molar-refractivity contribution in [2.24, 2.45) is 0 Å². The molecule has 2 aromatic rings. The van der Waals surface area contributed by atoms with Crippen molar-refractivity contribution in [1.82, 2.24) is 4.98 Å². The van der Waals surface area contributed by atoms with E-state index < -0.39 is 6.10 Å². The van der Waals surface area contributed by atoms with Crippen LogP contribution in [0.3, 0.4) is 0 Å². The second kappa shape index (κ2) is 6.25. The van der Waals surface area contributed by atoms with E-state index in [0.29, 0.717) is 11.4 Å². The number of hydrogen-bond donors (Lipinski definition) is 1. The number of methoxy groups -OCH3 is 1. The van der Waals surface area contributed by atoms with Crippen molar-refractivity contribution in [3.05, 3.63) is 57.9 Å². The van der Waals surface area contributed by atoms with Crippen molar-refractivity contribution in [3.63, 3.8) is 0 Å². The van der Waals surface area contributed by atoms with Crippen LogP contribution in [0.1, 0.15) is 28.5 Å². The summed E-state index contributed by atoms with van der Waals surface area (Å²) in [6, 6.07) is 7.31. The van der Waals surface area contributed by atoms with Crippen LogP contribution in [0.15, 0.2) is 30.5 Å². The maximum absolute atomic E-state index is 10.3. The number of pyridine rings is 1. The van der Waals surface area contributed by atoms with Crippen LogP contribution in [0.4, 0.5) is 0 Å². The first kappa shape index (κ1) is 14.8. The molecule has 0 bridgehead atoms. The van der Waals surface area contributed by atoms with Crippen LogP contribution < -0.4 is 4.74 Å². The van der Waals surface area contributed by atoms with E-state index in [1.807, 2.05) is 32.0 Å². The van der Waals surface area contributed by atoms with Gasteiger partial charge in [-0.2, -0.15) is 0 Å². The molecule has 0 amide bonds. The number of benzene rings is 1. The molecule has 106 valence electrons. The Balaban J connectivity index is 2.29. The summed E-state index contributed by atoms with van der Waals surface area (Å²) >= 11 is 6.10. The topological polar surface area (TPSA) is 42.4 Å². The Labute approximate surface area is 124 Å². The molecular weight excluding hydrogens is 274 g/mol. The van der Waals surface area contributed by atoms with Crippen molar-refractivity contribution < 1.29 is 9.84 Å². The molecule has 2 rings (SSSR count). The monoisotopic (exact) mass is 291 g/mol. The highest BCUT2D eigenvalue weighted by Gasteiger charge is 2.16. The van der Waals surface area contributed by atoms with Gasteiger partial charge in [0.05, 0.1) is 13.2 Å². The predicted octanol–water partition coefficient (Wildman–Crippen LogP) is 3.64. The van der Waals surface area contributed by atoms with Crippen LogP contribution in [-0.2, 0) is 6.42 Å². The van der Waals surface area contributed by atoms with E-state index in [-0.39, 0.29) is 0 Å². The molecule has 1 aromatic heterocycles. The Kier molecular flexibility index (Phi) is 4.63. The smallest absolute Gasteiger partial charge is 0.128 e. The lowest BCUT2D eigenvalue weighted by Crippen LogP contribution is -2.07. The van der Waals surface area contributed by atoms with Crippen molar-refractivity contribution in [1.29, 1.82) is 0 Å². The number of halogens is 1. The van der Waals surface area contributed by atoms with Crippen molar-refractivity contribution in [3.8, 4) is 5.75 Å². The molecule has 20 heavy (non-hydrogen) atoms. The highest BCUT2D eigenvalue weighted by molar-refractivity contribution is 6.31. The van der Waals surface area contributed by atoms with E-state index in [0.717, 1.165) is 28.1 Å². The van der Waals surface area contributed by atoms with Gasteiger partial charge in [0.15, 0.2) is 0 Å². The highest BCUT2D eigenvalue weighted by Crippen LogP contribution is 2.29. The van der Waals surface area contributed by atoms with Gasteiger partial charge in [-0.25, -0.2) is 0 Å². The Bertz CT molecular complexity index is 613. The van der Waals surface area contributed by atoms with Gasteiger partial charge in [0.1, 0.15) is 5.75 Å². The molecule has 0 aliphatic rings. The van der Waals surface area contributed by atoms with Gasteiger partial charge in [-0.3, -0.25) is 4.98 Å². The average molecular weight is 292 g/mol. The first-order valence-corrected chi connectivity index (χ1v) is 6.84. The second-order valence-electron chi connectivity index (χ2n) is 4.79. The molecule has 0 spiro atoms. The first-order valence-electron chi connectivity index (χ1n) is 6.46. The van der Waals surface area contributed by atoms with E-state index in [1.54, 1.807) is 19.4 Å². The molecule has 1 aromatic carbocycles. The molecule has 0 saturated heterocycles. The zero-order valence-electron chi connectivity index (χ0n) is 11.9. The molecule has 0 saturated carbocycles. The summed E-state index contributed by atoms with van der Waals surface area (Å²) in [5.41, 5.74) is 3.48. The van der Waals surface area contributed by atoms with Gasteiger partial charge < -0.3 is 9.84 Å². The highest BCUT2D eigenvalue weighted by atomic mass is 35.5. The second-order valence-corrected chi connectivity index (χ2v) is 5.19. The largest absolute Gasteiger partial charge is 0.496 e. The molecular formula is C16H18ClNO2. The number of aromatic nitrogens is 1. The molecule has 1 heterocycles. The number of aliphatic hydroxyl groups excluding tert-OH is 1. The van der Waals surface area contributed by atoms with E-state index in [1.165, 1.54) is 0 Å². The molecule has 3 nitrogen and oxygen atoms in total. The lowest BCUT2D eigenvalue weighted by Gasteiger charge is -2.16. The van der Waals surface area contributed by atoms with E-state index in [9.17, 15) is 5.11 Å². The molecule has 1 atom stereocenters. The van der Waals surface area contributed by atoms with Crippen LogP contribution >= 0.6 is 11.6 Å². The van der Waals surface area contributed by atoms with Gasteiger partial charge in [-0.05, 0) is 25.5 Å². The molecule has 1 N–H and O–H groups in total. The fourth-order valence-electron chi connectivity index (χ4n) is 2.32. The Morgan fingerprint density at radius 1 is 1.30 bits per heavy atom. The number of rotatable bonds is 4. The van der Waals surface area contributed by atoms with E-state index in [2.05, 4.69) is 4.98 Å². The molecule has 1 unspecified atom stereocenters. The zero-order chi connectivity index (χ0) is 14.7. The Morgan fingerprint density at radius 3 is 2.65 bits per heavy atom. The van der Waals surface area contributed by atoms with Crippen LogP contribution in [-0.4, -0.2) is 17.2 Å². The molecule has 0 fully saturated rings. The minimum Gasteiger partial charge on any atom is -0.496 e. The molecule has 4 heteroatoms. The first-order chi connectivity index (χ1) is 9.54.